The van der Waals surface area contributed by atoms with E-state index in [0.717, 1.165) is 0 Å². The van der Waals surface area contributed by atoms with E-state index < -0.39 is 52.6 Å². The summed E-state index contributed by atoms with van der Waals surface area (Å²) in [5, 5.41) is 12.3. The molecule has 0 bridgehead atoms. The number of fused-ring (bicyclic) bond motifs is 1. The number of halogens is 6. The molecule has 0 saturated heterocycles. The van der Waals surface area contributed by atoms with E-state index in [1.54, 1.807) is 0 Å². The SMILES string of the molecule is CC1(C#N)C(=O)N(Cc2c(F)cccc2Cl)c2cc(C(=O)NCc3c(F)cc(F)cc3F)cc(I)c21. The molecule has 0 radical (unpaired) electrons. The van der Waals surface area contributed by atoms with Gasteiger partial charge in [0.1, 0.15) is 23.3 Å². The van der Waals surface area contributed by atoms with Crippen LogP contribution < -0.4 is 10.2 Å². The zero-order valence-electron chi connectivity index (χ0n) is 18.4. The zero-order valence-corrected chi connectivity index (χ0v) is 21.3. The maximum Gasteiger partial charge on any atom is 0.252 e. The van der Waals surface area contributed by atoms with Gasteiger partial charge in [-0.2, -0.15) is 5.26 Å². The predicted molar refractivity (Wildman–Crippen MR) is 132 cm³/mol. The van der Waals surface area contributed by atoms with Crippen molar-refractivity contribution in [1.29, 1.82) is 5.26 Å². The van der Waals surface area contributed by atoms with Crippen LogP contribution in [-0.2, 0) is 23.3 Å². The third-order valence-corrected chi connectivity index (χ3v) is 7.13. The number of nitriles is 1. The van der Waals surface area contributed by atoms with Crippen molar-refractivity contribution in [2.45, 2.75) is 25.4 Å². The maximum absolute atomic E-state index is 14.5. The molecule has 1 atom stereocenters. The van der Waals surface area contributed by atoms with Gasteiger partial charge in [0.05, 0.1) is 18.3 Å². The molecule has 1 aliphatic heterocycles. The van der Waals surface area contributed by atoms with Crippen LogP contribution in [0.4, 0.5) is 23.2 Å². The van der Waals surface area contributed by atoms with Crippen LogP contribution in [0, 0.1) is 38.2 Å². The minimum absolute atomic E-state index is 0.0284. The molecular formula is C25H15ClF4IN3O2. The Morgan fingerprint density at radius 3 is 2.39 bits per heavy atom. The molecular weight excluding hydrogens is 613 g/mol. The Hall–Kier alpha value is -3.17. The van der Waals surface area contributed by atoms with Crippen LogP contribution in [0.2, 0.25) is 5.02 Å². The van der Waals surface area contributed by atoms with E-state index in [2.05, 4.69) is 5.32 Å². The number of carbonyl (C=O) groups excluding carboxylic acids is 2. The molecule has 0 fully saturated rings. The lowest BCUT2D eigenvalue weighted by Gasteiger charge is -2.20. The van der Waals surface area contributed by atoms with Crippen LogP contribution in [0.5, 0.6) is 0 Å². The Balaban J connectivity index is 1.71. The molecule has 36 heavy (non-hydrogen) atoms. The molecule has 184 valence electrons. The van der Waals surface area contributed by atoms with E-state index in [1.807, 2.05) is 28.7 Å². The number of rotatable bonds is 5. The van der Waals surface area contributed by atoms with E-state index in [0.29, 0.717) is 21.3 Å². The van der Waals surface area contributed by atoms with Gasteiger partial charge in [0.2, 0.25) is 0 Å². The Morgan fingerprint density at radius 2 is 1.78 bits per heavy atom. The van der Waals surface area contributed by atoms with Crippen molar-refractivity contribution in [3.63, 3.8) is 0 Å². The lowest BCUT2D eigenvalue weighted by atomic mass is 9.85. The molecule has 1 unspecified atom stereocenters. The first-order chi connectivity index (χ1) is 17.0. The molecule has 0 aromatic heterocycles. The van der Waals surface area contributed by atoms with Crippen molar-refractivity contribution in [2.75, 3.05) is 4.90 Å². The average Bonchev–Trinajstić information content (AvgIpc) is 3.02. The van der Waals surface area contributed by atoms with Gasteiger partial charge in [-0.3, -0.25) is 9.59 Å². The van der Waals surface area contributed by atoms with Gasteiger partial charge < -0.3 is 10.2 Å². The van der Waals surface area contributed by atoms with Gasteiger partial charge in [-0.1, -0.05) is 17.7 Å². The molecule has 4 rings (SSSR count). The highest BCUT2D eigenvalue weighted by atomic mass is 127. The molecule has 0 spiro atoms. The van der Waals surface area contributed by atoms with Crippen molar-refractivity contribution in [3.8, 4) is 6.07 Å². The summed E-state index contributed by atoms with van der Waals surface area (Å²) in [5.74, 6) is -5.40. The summed E-state index contributed by atoms with van der Waals surface area (Å²) in [5.41, 5.74) is -1.51. The third kappa shape index (κ3) is 4.41. The number of benzene rings is 3. The summed E-state index contributed by atoms with van der Waals surface area (Å²) >= 11 is 8.02. The third-order valence-electron chi connectivity index (χ3n) is 5.93. The number of nitrogens with zero attached hydrogens (tertiary/aromatic N) is 2. The lowest BCUT2D eigenvalue weighted by molar-refractivity contribution is -0.121. The van der Waals surface area contributed by atoms with Crippen molar-refractivity contribution in [1.82, 2.24) is 5.32 Å². The smallest absolute Gasteiger partial charge is 0.252 e. The van der Waals surface area contributed by atoms with E-state index in [1.165, 1.54) is 42.2 Å². The topological polar surface area (TPSA) is 73.2 Å². The highest BCUT2D eigenvalue weighted by Crippen LogP contribution is 2.45. The first kappa shape index (κ1) is 25.9. The Kier molecular flexibility index (Phi) is 6.99. The number of amides is 2. The number of anilines is 1. The fraction of sp³-hybridized carbons (Fsp3) is 0.160. The summed E-state index contributed by atoms with van der Waals surface area (Å²) in [6.45, 7) is 0.578. The monoisotopic (exact) mass is 627 g/mol. The molecule has 5 nitrogen and oxygen atoms in total. The minimum Gasteiger partial charge on any atom is -0.348 e. The van der Waals surface area contributed by atoms with E-state index in [9.17, 15) is 32.4 Å². The van der Waals surface area contributed by atoms with Gasteiger partial charge in [-0.05, 0) is 53.8 Å². The molecule has 3 aromatic rings. The van der Waals surface area contributed by atoms with Crippen LogP contribution >= 0.6 is 34.2 Å². The van der Waals surface area contributed by atoms with Gasteiger partial charge in [0, 0.05) is 49.5 Å². The van der Waals surface area contributed by atoms with Crippen molar-refractivity contribution in [3.05, 3.63) is 96.6 Å². The van der Waals surface area contributed by atoms with E-state index >= 15 is 0 Å². The molecule has 0 aliphatic carbocycles. The highest BCUT2D eigenvalue weighted by Gasteiger charge is 2.50. The number of hydrogen-bond acceptors (Lipinski definition) is 3. The molecule has 1 aliphatic rings. The summed E-state index contributed by atoms with van der Waals surface area (Å²) < 4.78 is 55.9. The Labute approximate surface area is 221 Å². The van der Waals surface area contributed by atoms with Gasteiger partial charge in [-0.15, -0.1) is 0 Å². The standard InChI is InChI=1S/C25H15ClF4IN3O2/c1-25(11-32)22-20(31)5-12(23(35)33-9-14-18(29)7-13(27)8-19(14)30)6-21(22)34(24(25)36)10-15-16(26)3-2-4-17(15)28/h2-8H,9-10H2,1H3,(H,33,35). The first-order valence-electron chi connectivity index (χ1n) is 10.4. The van der Waals surface area contributed by atoms with Gasteiger partial charge in [-0.25, -0.2) is 17.6 Å². The maximum atomic E-state index is 14.5. The fourth-order valence-corrected chi connectivity index (χ4v) is 5.41. The fourth-order valence-electron chi connectivity index (χ4n) is 4.03. The first-order valence-corrected chi connectivity index (χ1v) is 11.8. The van der Waals surface area contributed by atoms with Crippen LogP contribution in [0.25, 0.3) is 0 Å². The van der Waals surface area contributed by atoms with Crippen molar-refractivity contribution < 1.29 is 27.2 Å². The van der Waals surface area contributed by atoms with Gasteiger partial charge in [0.25, 0.3) is 11.8 Å². The summed E-state index contributed by atoms with van der Waals surface area (Å²) in [4.78, 5) is 27.4. The second kappa shape index (κ2) is 9.71. The molecule has 2 amide bonds. The second-order valence-electron chi connectivity index (χ2n) is 8.21. The van der Waals surface area contributed by atoms with Crippen LogP contribution in [0.1, 0.15) is 34.0 Å². The largest absolute Gasteiger partial charge is 0.348 e. The van der Waals surface area contributed by atoms with Gasteiger partial charge in [0.15, 0.2) is 5.41 Å². The Morgan fingerprint density at radius 1 is 1.11 bits per heavy atom. The van der Waals surface area contributed by atoms with Crippen LogP contribution in [-0.4, -0.2) is 11.8 Å². The van der Waals surface area contributed by atoms with E-state index in [-0.39, 0.29) is 28.4 Å². The second-order valence-corrected chi connectivity index (χ2v) is 9.78. The van der Waals surface area contributed by atoms with Gasteiger partial charge >= 0.3 is 0 Å². The number of nitrogens with one attached hydrogen (secondary N) is 1. The molecule has 11 heteroatoms. The minimum atomic E-state index is -1.60. The normalized spacial score (nSPS) is 16.6. The predicted octanol–water partition coefficient (Wildman–Crippen LogP) is 5.76. The molecule has 1 N–H and O–H groups in total. The summed E-state index contributed by atoms with van der Waals surface area (Å²) in [6.07, 6.45) is 0. The lowest BCUT2D eigenvalue weighted by Crippen LogP contribution is -2.37. The average molecular weight is 628 g/mol. The molecule has 0 saturated carbocycles. The Bertz CT molecular complexity index is 1430. The van der Waals surface area contributed by atoms with Crippen LogP contribution in [0.3, 0.4) is 0 Å². The van der Waals surface area contributed by atoms with Crippen LogP contribution in [0.15, 0.2) is 42.5 Å². The highest BCUT2D eigenvalue weighted by molar-refractivity contribution is 14.1. The number of hydrogen-bond donors (Lipinski definition) is 1. The number of carbonyl (C=O) groups is 2. The zero-order chi connectivity index (χ0) is 26.4. The van der Waals surface area contributed by atoms with Crippen molar-refractivity contribution in [2.24, 2.45) is 0 Å². The quantitative estimate of drug-likeness (QED) is 0.289. The molecule has 1 heterocycles. The molecule has 3 aromatic carbocycles. The summed E-state index contributed by atoms with van der Waals surface area (Å²) in [6, 6.07) is 9.85. The summed E-state index contributed by atoms with van der Waals surface area (Å²) in [7, 11) is 0. The van der Waals surface area contributed by atoms with Crippen molar-refractivity contribution >= 4 is 51.7 Å². The van der Waals surface area contributed by atoms with E-state index in [4.69, 9.17) is 11.6 Å².